The summed E-state index contributed by atoms with van der Waals surface area (Å²) >= 11 is 0. The number of carbonyl (C=O) groups is 1. The van der Waals surface area contributed by atoms with Crippen LogP contribution in [0.3, 0.4) is 0 Å². The molecule has 2 aromatic rings. The van der Waals surface area contributed by atoms with Gasteiger partial charge in [0.05, 0.1) is 23.9 Å². The van der Waals surface area contributed by atoms with Crippen LogP contribution in [-0.2, 0) is 16.5 Å². The Labute approximate surface area is 181 Å². The van der Waals surface area contributed by atoms with E-state index in [1.807, 2.05) is 27.7 Å². The van der Waals surface area contributed by atoms with Crippen molar-refractivity contribution in [3.63, 3.8) is 0 Å². The van der Waals surface area contributed by atoms with E-state index in [0.29, 0.717) is 36.4 Å². The Morgan fingerprint density at radius 3 is 2.65 bits per heavy atom. The number of rotatable bonds is 3. The molecule has 0 bridgehead atoms. The lowest BCUT2D eigenvalue weighted by Crippen LogP contribution is -2.61. The number of methoxy groups -OCH3 is 1. The van der Waals surface area contributed by atoms with Crippen molar-refractivity contribution in [2.75, 3.05) is 31.7 Å². The highest BCUT2D eigenvalue weighted by Crippen LogP contribution is 2.29. The summed E-state index contributed by atoms with van der Waals surface area (Å²) in [6.07, 6.45) is -0.389. The fourth-order valence-corrected chi connectivity index (χ4v) is 3.85. The minimum Gasteiger partial charge on any atom is -0.444 e. The molecule has 0 spiro atoms. The maximum absolute atomic E-state index is 12.8. The van der Waals surface area contributed by atoms with E-state index in [4.69, 9.17) is 9.47 Å². The van der Waals surface area contributed by atoms with Crippen molar-refractivity contribution < 1.29 is 14.3 Å². The van der Waals surface area contributed by atoms with Crippen LogP contribution < -0.4 is 10.5 Å². The summed E-state index contributed by atoms with van der Waals surface area (Å²) < 4.78 is 12.5. The van der Waals surface area contributed by atoms with Gasteiger partial charge in [-0.15, -0.1) is 0 Å². The Bertz CT molecular complexity index is 1080. The number of nitrogens with zero attached hydrogens (tertiary/aromatic N) is 5. The van der Waals surface area contributed by atoms with Crippen molar-refractivity contribution in [1.29, 1.82) is 5.26 Å². The van der Waals surface area contributed by atoms with Crippen molar-refractivity contribution >= 4 is 22.8 Å². The maximum atomic E-state index is 12.8. The predicted molar refractivity (Wildman–Crippen MR) is 117 cm³/mol. The molecular formula is C22H29N5O4. The van der Waals surface area contributed by atoms with Crippen molar-refractivity contribution in [3.8, 4) is 6.07 Å². The molecule has 1 amide bonds. The lowest BCUT2D eigenvalue weighted by Gasteiger charge is -2.46. The number of nitriles is 1. The number of fused-ring (bicyclic) bond motifs is 1. The third-order valence-electron chi connectivity index (χ3n) is 5.32. The Morgan fingerprint density at radius 1 is 1.32 bits per heavy atom. The van der Waals surface area contributed by atoms with Crippen LogP contribution >= 0.6 is 0 Å². The van der Waals surface area contributed by atoms with Gasteiger partial charge in [-0.3, -0.25) is 9.69 Å². The van der Waals surface area contributed by atoms with E-state index < -0.39 is 5.60 Å². The van der Waals surface area contributed by atoms with Gasteiger partial charge in [-0.1, -0.05) is 0 Å². The molecule has 2 atom stereocenters. The van der Waals surface area contributed by atoms with Gasteiger partial charge in [0, 0.05) is 39.4 Å². The van der Waals surface area contributed by atoms with Gasteiger partial charge in [0.25, 0.3) is 5.56 Å². The van der Waals surface area contributed by atoms with Gasteiger partial charge in [-0.2, -0.15) is 5.26 Å². The molecule has 3 heterocycles. The summed E-state index contributed by atoms with van der Waals surface area (Å²) in [7, 11) is 3.27. The largest absolute Gasteiger partial charge is 0.444 e. The molecule has 0 unspecified atom stereocenters. The summed E-state index contributed by atoms with van der Waals surface area (Å²) in [5.41, 5.74) is 1.38. The molecule has 1 fully saturated rings. The zero-order valence-electron chi connectivity index (χ0n) is 18.9. The van der Waals surface area contributed by atoms with Crippen LogP contribution in [-0.4, -0.2) is 65.0 Å². The lowest BCUT2D eigenvalue weighted by molar-refractivity contribution is -0.000120. The van der Waals surface area contributed by atoms with E-state index in [2.05, 4.69) is 16.0 Å². The second kappa shape index (κ2) is 8.55. The standard InChI is InChI=1S/C22H29N5O4/c1-14-11-27(21(29)31-22(2,3)4)16(13-30-6)12-26(14)18-9-19(28)25(5)17-8-7-15(10-23)24-20(17)18/h7-9,14,16H,11-13H2,1-6H3/t14-,16-/m0/s1. The minimum atomic E-state index is -0.603. The van der Waals surface area contributed by atoms with E-state index in [0.717, 1.165) is 0 Å². The summed E-state index contributed by atoms with van der Waals surface area (Å²) in [5, 5.41) is 9.31. The molecule has 166 valence electrons. The fourth-order valence-electron chi connectivity index (χ4n) is 3.85. The van der Waals surface area contributed by atoms with Gasteiger partial charge < -0.3 is 18.9 Å². The number of pyridine rings is 2. The highest BCUT2D eigenvalue weighted by molar-refractivity contribution is 5.89. The van der Waals surface area contributed by atoms with Crippen LogP contribution in [0.2, 0.25) is 0 Å². The number of amides is 1. The number of anilines is 1. The Balaban J connectivity index is 2.03. The number of piperazine rings is 1. The van der Waals surface area contributed by atoms with Gasteiger partial charge in [0.2, 0.25) is 0 Å². The Morgan fingerprint density at radius 2 is 2.03 bits per heavy atom. The third kappa shape index (κ3) is 4.64. The van der Waals surface area contributed by atoms with E-state index in [-0.39, 0.29) is 29.4 Å². The number of hydrogen-bond acceptors (Lipinski definition) is 7. The summed E-state index contributed by atoms with van der Waals surface area (Å²) in [4.78, 5) is 33.7. The number of aryl methyl sites for hydroxylation is 1. The molecule has 0 N–H and O–H groups in total. The van der Waals surface area contributed by atoms with Gasteiger partial charge in [0.1, 0.15) is 22.9 Å². The average molecular weight is 428 g/mol. The van der Waals surface area contributed by atoms with Gasteiger partial charge in [-0.25, -0.2) is 9.78 Å². The van der Waals surface area contributed by atoms with E-state index in [9.17, 15) is 14.9 Å². The van der Waals surface area contributed by atoms with Crippen LogP contribution in [0.15, 0.2) is 23.0 Å². The van der Waals surface area contributed by atoms with Crippen molar-refractivity contribution in [2.45, 2.75) is 45.4 Å². The first kappa shape index (κ1) is 22.6. The second-order valence-electron chi connectivity index (χ2n) is 8.85. The third-order valence-corrected chi connectivity index (χ3v) is 5.32. The predicted octanol–water partition coefficient (Wildman–Crippen LogP) is 2.27. The molecule has 9 heteroatoms. The SMILES string of the molecule is COC[C@@H]1CN(c2cc(=O)n(C)c3ccc(C#N)nc23)[C@@H](C)CN1C(=O)OC(C)(C)C. The molecule has 0 aliphatic carbocycles. The van der Waals surface area contributed by atoms with E-state index >= 15 is 0 Å². The van der Waals surface area contributed by atoms with Crippen molar-refractivity contribution in [1.82, 2.24) is 14.5 Å². The number of ether oxygens (including phenoxy) is 2. The van der Waals surface area contributed by atoms with Crippen molar-refractivity contribution in [3.05, 3.63) is 34.2 Å². The maximum Gasteiger partial charge on any atom is 0.410 e. The molecule has 0 saturated carbocycles. The number of hydrogen-bond donors (Lipinski definition) is 0. The number of aromatic nitrogens is 2. The fraction of sp³-hybridized carbons (Fsp3) is 0.545. The monoisotopic (exact) mass is 427 g/mol. The number of carbonyl (C=O) groups excluding carboxylic acids is 1. The highest BCUT2D eigenvalue weighted by atomic mass is 16.6. The molecule has 3 rings (SSSR count). The van der Waals surface area contributed by atoms with Crippen LogP contribution in [0.5, 0.6) is 0 Å². The second-order valence-corrected chi connectivity index (χ2v) is 8.85. The molecule has 1 aliphatic heterocycles. The van der Waals surface area contributed by atoms with E-state index in [1.165, 1.54) is 4.57 Å². The molecule has 0 radical (unpaired) electrons. The zero-order valence-corrected chi connectivity index (χ0v) is 18.9. The summed E-state index contributed by atoms with van der Waals surface area (Å²) in [6.45, 7) is 8.65. The molecular weight excluding hydrogens is 398 g/mol. The van der Waals surface area contributed by atoms with Crippen LogP contribution in [0.1, 0.15) is 33.4 Å². The zero-order chi connectivity index (χ0) is 22.9. The van der Waals surface area contributed by atoms with Gasteiger partial charge in [0.15, 0.2) is 0 Å². The molecule has 9 nitrogen and oxygen atoms in total. The van der Waals surface area contributed by atoms with E-state index in [1.54, 1.807) is 37.3 Å². The molecule has 1 aliphatic rings. The molecule has 0 aromatic carbocycles. The Kier molecular flexibility index (Phi) is 6.23. The Hall–Kier alpha value is -3.12. The molecule has 31 heavy (non-hydrogen) atoms. The molecule has 2 aromatic heterocycles. The van der Waals surface area contributed by atoms with Gasteiger partial charge in [-0.05, 0) is 39.8 Å². The first-order valence-electron chi connectivity index (χ1n) is 10.2. The first-order chi connectivity index (χ1) is 14.6. The van der Waals surface area contributed by atoms with Crippen LogP contribution in [0, 0.1) is 11.3 Å². The van der Waals surface area contributed by atoms with Gasteiger partial charge >= 0.3 is 6.09 Å². The first-order valence-corrected chi connectivity index (χ1v) is 10.2. The summed E-state index contributed by atoms with van der Waals surface area (Å²) in [5.74, 6) is 0. The molecule has 1 saturated heterocycles. The van der Waals surface area contributed by atoms with Crippen LogP contribution in [0.25, 0.3) is 11.0 Å². The average Bonchev–Trinajstić information content (AvgIpc) is 2.70. The summed E-state index contributed by atoms with van der Waals surface area (Å²) in [6, 6.07) is 6.56. The lowest BCUT2D eigenvalue weighted by atomic mass is 10.1. The smallest absolute Gasteiger partial charge is 0.410 e. The minimum absolute atomic E-state index is 0.108. The topological polar surface area (TPSA) is 101 Å². The highest BCUT2D eigenvalue weighted by Gasteiger charge is 2.37. The van der Waals surface area contributed by atoms with Crippen molar-refractivity contribution in [2.24, 2.45) is 7.05 Å². The normalized spacial score (nSPS) is 19.4. The van der Waals surface area contributed by atoms with Crippen LogP contribution in [0.4, 0.5) is 10.5 Å². The quantitative estimate of drug-likeness (QED) is 0.741.